The van der Waals surface area contributed by atoms with Crippen molar-refractivity contribution < 1.29 is 18.0 Å². The SMILES string of the molecule is CC1CCCN(C(=O)c2cc(Nc3cc(C(F)(F)F)ccc3Cl)ncn2)C1. The number of amides is 1. The lowest BCUT2D eigenvalue weighted by molar-refractivity contribution is -0.137. The Morgan fingerprint density at radius 1 is 1.30 bits per heavy atom. The van der Waals surface area contributed by atoms with Crippen LogP contribution in [0, 0.1) is 5.92 Å². The monoisotopic (exact) mass is 398 g/mol. The van der Waals surface area contributed by atoms with Gasteiger partial charge >= 0.3 is 6.18 Å². The normalized spacial score (nSPS) is 17.7. The first-order valence-electron chi connectivity index (χ1n) is 8.49. The smallest absolute Gasteiger partial charge is 0.339 e. The van der Waals surface area contributed by atoms with Crippen LogP contribution in [0.5, 0.6) is 0 Å². The molecule has 2 aromatic rings. The van der Waals surface area contributed by atoms with Gasteiger partial charge in [-0.2, -0.15) is 13.2 Å². The van der Waals surface area contributed by atoms with Gasteiger partial charge in [0, 0.05) is 19.2 Å². The molecule has 3 rings (SSSR count). The number of hydrogen-bond donors (Lipinski definition) is 1. The number of carbonyl (C=O) groups is 1. The first-order valence-corrected chi connectivity index (χ1v) is 8.87. The predicted molar refractivity (Wildman–Crippen MR) is 96.1 cm³/mol. The topological polar surface area (TPSA) is 58.1 Å². The van der Waals surface area contributed by atoms with E-state index in [0.717, 1.165) is 31.0 Å². The van der Waals surface area contributed by atoms with Crippen LogP contribution in [0.1, 0.15) is 35.8 Å². The molecular weight excluding hydrogens is 381 g/mol. The van der Waals surface area contributed by atoms with Crippen LogP contribution in [0.15, 0.2) is 30.6 Å². The highest BCUT2D eigenvalue weighted by Gasteiger charge is 2.31. The molecule has 2 heterocycles. The molecule has 0 bridgehead atoms. The standard InChI is InChI=1S/C18H18ClF3N4O/c1-11-3-2-6-26(9-11)17(27)15-8-16(24-10-23-15)25-14-7-12(18(20,21)22)4-5-13(14)19/h4-5,7-8,10-11H,2-3,6,9H2,1H3,(H,23,24,25). The highest BCUT2D eigenvalue weighted by atomic mass is 35.5. The Morgan fingerprint density at radius 3 is 2.78 bits per heavy atom. The maximum Gasteiger partial charge on any atom is 0.416 e. The van der Waals surface area contributed by atoms with Crippen LogP contribution in [0.3, 0.4) is 0 Å². The fourth-order valence-electron chi connectivity index (χ4n) is 3.01. The van der Waals surface area contributed by atoms with Gasteiger partial charge in [0.05, 0.1) is 16.3 Å². The maximum atomic E-state index is 12.9. The second-order valence-electron chi connectivity index (χ2n) is 6.60. The Morgan fingerprint density at radius 2 is 2.07 bits per heavy atom. The fraction of sp³-hybridized carbons (Fsp3) is 0.389. The van der Waals surface area contributed by atoms with Gasteiger partial charge in [-0.15, -0.1) is 0 Å². The number of piperidine rings is 1. The summed E-state index contributed by atoms with van der Waals surface area (Å²) in [6.07, 6.45) is -1.28. The Bertz CT molecular complexity index is 844. The van der Waals surface area contributed by atoms with E-state index in [1.165, 1.54) is 12.4 Å². The lowest BCUT2D eigenvalue weighted by Crippen LogP contribution is -2.39. The molecule has 0 aliphatic carbocycles. The van der Waals surface area contributed by atoms with Gasteiger partial charge in [-0.05, 0) is 37.0 Å². The Balaban J connectivity index is 1.81. The van der Waals surface area contributed by atoms with Crippen molar-refractivity contribution >= 4 is 29.0 Å². The summed E-state index contributed by atoms with van der Waals surface area (Å²) in [5, 5.41) is 2.85. The van der Waals surface area contributed by atoms with E-state index in [0.29, 0.717) is 19.0 Å². The highest BCUT2D eigenvalue weighted by molar-refractivity contribution is 6.33. The summed E-state index contributed by atoms with van der Waals surface area (Å²) in [6.45, 7) is 3.41. The third-order valence-electron chi connectivity index (χ3n) is 4.39. The zero-order chi connectivity index (χ0) is 19.6. The van der Waals surface area contributed by atoms with Gasteiger partial charge in [0.25, 0.3) is 5.91 Å². The van der Waals surface area contributed by atoms with Crippen molar-refractivity contribution in [3.8, 4) is 0 Å². The average molecular weight is 399 g/mol. The van der Waals surface area contributed by atoms with Gasteiger partial charge in [-0.3, -0.25) is 4.79 Å². The van der Waals surface area contributed by atoms with Gasteiger partial charge in [0.1, 0.15) is 17.8 Å². The van der Waals surface area contributed by atoms with Crippen LogP contribution in [-0.4, -0.2) is 33.9 Å². The lowest BCUT2D eigenvalue weighted by atomic mass is 10.00. The Hall–Kier alpha value is -2.35. The largest absolute Gasteiger partial charge is 0.416 e. The van der Waals surface area contributed by atoms with Crippen LogP contribution >= 0.6 is 11.6 Å². The summed E-state index contributed by atoms with van der Waals surface area (Å²) in [5.41, 5.74) is -0.595. The van der Waals surface area contributed by atoms with Crippen LogP contribution < -0.4 is 5.32 Å². The van der Waals surface area contributed by atoms with E-state index >= 15 is 0 Å². The third kappa shape index (κ3) is 4.68. The second kappa shape index (κ2) is 7.72. The minimum atomic E-state index is -4.49. The number of nitrogens with one attached hydrogen (secondary N) is 1. The molecule has 9 heteroatoms. The van der Waals surface area contributed by atoms with Gasteiger partial charge < -0.3 is 10.2 Å². The zero-order valence-electron chi connectivity index (χ0n) is 14.6. The van der Waals surface area contributed by atoms with E-state index in [2.05, 4.69) is 22.2 Å². The van der Waals surface area contributed by atoms with Gasteiger partial charge in [0.2, 0.25) is 0 Å². The fourth-order valence-corrected chi connectivity index (χ4v) is 3.18. The number of benzene rings is 1. The van der Waals surface area contributed by atoms with Crippen molar-refractivity contribution in [3.63, 3.8) is 0 Å². The van der Waals surface area contributed by atoms with Crippen molar-refractivity contribution in [1.29, 1.82) is 0 Å². The molecule has 1 aromatic heterocycles. The summed E-state index contributed by atoms with van der Waals surface area (Å²) >= 11 is 5.99. The zero-order valence-corrected chi connectivity index (χ0v) is 15.3. The summed E-state index contributed by atoms with van der Waals surface area (Å²) < 4.78 is 38.7. The average Bonchev–Trinajstić information content (AvgIpc) is 2.62. The predicted octanol–water partition coefficient (Wildman–Crippen LogP) is 4.76. The van der Waals surface area contributed by atoms with Crippen LogP contribution in [0.2, 0.25) is 5.02 Å². The van der Waals surface area contributed by atoms with Crippen molar-refractivity contribution in [2.24, 2.45) is 5.92 Å². The van der Waals surface area contributed by atoms with Crippen molar-refractivity contribution in [2.75, 3.05) is 18.4 Å². The van der Waals surface area contributed by atoms with E-state index in [9.17, 15) is 18.0 Å². The third-order valence-corrected chi connectivity index (χ3v) is 4.72. The lowest BCUT2D eigenvalue weighted by Gasteiger charge is -2.30. The van der Waals surface area contributed by atoms with Gasteiger partial charge in [-0.1, -0.05) is 18.5 Å². The van der Waals surface area contributed by atoms with Crippen molar-refractivity contribution in [2.45, 2.75) is 25.9 Å². The molecule has 1 aliphatic heterocycles. The van der Waals surface area contributed by atoms with E-state index in [-0.39, 0.29) is 28.1 Å². The molecule has 1 unspecified atom stereocenters. The van der Waals surface area contributed by atoms with E-state index < -0.39 is 11.7 Å². The van der Waals surface area contributed by atoms with Crippen LogP contribution in [0.4, 0.5) is 24.7 Å². The molecule has 1 saturated heterocycles. The van der Waals surface area contributed by atoms with Crippen molar-refractivity contribution in [1.82, 2.24) is 14.9 Å². The number of rotatable bonds is 3. The molecule has 1 atom stereocenters. The summed E-state index contributed by atoms with van der Waals surface area (Å²) in [5.74, 6) is 0.396. The molecule has 0 saturated carbocycles. The minimum absolute atomic E-state index is 0.0511. The van der Waals surface area contributed by atoms with Crippen LogP contribution in [0.25, 0.3) is 0 Å². The molecule has 144 valence electrons. The number of likely N-dealkylation sites (tertiary alicyclic amines) is 1. The maximum absolute atomic E-state index is 12.9. The molecule has 0 radical (unpaired) electrons. The Kier molecular flexibility index (Phi) is 5.55. The minimum Gasteiger partial charge on any atom is -0.339 e. The number of alkyl halides is 3. The number of hydrogen-bond acceptors (Lipinski definition) is 4. The quantitative estimate of drug-likeness (QED) is 0.809. The van der Waals surface area contributed by atoms with Gasteiger partial charge in [0.15, 0.2) is 0 Å². The van der Waals surface area contributed by atoms with E-state index in [1.54, 1.807) is 4.90 Å². The number of halogens is 4. The Labute approximate surface area is 159 Å². The molecule has 1 N–H and O–H groups in total. The summed E-state index contributed by atoms with van der Waals surface area (Å²) in [7, 11) is 0. The molecule has 1 fully saturated rings. The first kappa shape index (κ1) is 19.4. The van der Waals surface area contributed by atoms with Crippen molar-refractivity contribution in [3.05, 3.63) is 46.9 Å². The number of anilines is 2. The number of nitrogens with zero attached hydrogens (tertiary/aromatic N) is 3. The van der Waals surface area contributed by atoms with E-state index in [4.69, 9.17) is 11.6 Å². The highest BCUT2D eigenvalue weighted by Crippen LogP contribution is 2.34. The molecular formula is C18H18ClF3N4O. The summed E-state index contributed by atoms with van der Waals surface area (Å²) in [4.78, 5) is 22.4. The van der Waals surface area contributed by atoms with Gasteiger partial charge in [-0.25, -0.2) is 9.97 Å². The molecule has 1 amide bonds. The summed E-state index contributed by atoms with van der Waals surface area (Å²) in [6, 6.07) is 4.38. The molecule has 1 aliphatic rings. The first-order chi connectivity index (χ1) is 12.7. The second-order valence-corrected chi connectivity index (χ2v) is 7.01. The molecule has 27 heavy (non-hydrogen) atoms. The number of aromatic nitrogens is 2. The molecule has 1 aromatic carbocycles. The van der Waals surface area contributed by atoms with Crippen LogP contribution in [-0.2, 0) is 6.18 Å². The number of carbonyl (C=O) groups excluding carboxylic acids is 1. The van der Waals surface area contributed by atoms with E-state index in [1.807, 2.05) is 0 Å². The molecule has 0 spiro atoms. The molecule has 5 nitrogen and oxygen atoms in total.